The maximum absolute atomic E-state index is 3.70. The number of fused-ring (bicyclic) bond motifs is 2. The second-order valence-electron chi connectivity index (χ2n) is 6.40. The predicted octanol–water partition coefficient (Wildman–Crippen LogP) is 11.8. The molecule has 4 aromatic carbocycles. The fourth-order valence-corrected chi connectivity index (χ4v) is 13.3. The minimum absolute atomic E-state index is 1.13. The van der Waals surface area contributed by atoms with Gasteiger partial charge >= 0.3 is 0 Å². The Hall–Kier alpha value is 4.50. The number of halogens is 10. The molecule has 0 aromatic heterocycles. The molecule has 11 heteroatoms. The van der Waals surface area contributed by atoms with Gasteiger partial charge in [-0.1, -0.05) is 0 Å². The number of rotatable bonds is 2. The summed E-state index contributed by atoms with van der Waals surface area (Å²) in [6.45, 7) is 0. The van der Waals surface area contributed by atoms with E-state index < -0.39 is 0 Å². The van der Waals surface area contributed by atoms with Crippen LogP contribution >= 0.6 is 226 Å². The topological polar surface area (TPSA) is 12.0 Å². The van der Waals surface area contributed by atoms with Gasteiger partial charge in [0.25, 0.3) is 0 Å². The van der Waals surface area contributed by atoms with E-state index in [4.69, 9.17) is 0 Å². The van der Waals surface area contributed by atoms with Gasteiger partial charge in [0, 0.05) is 68.6 Å². The number of anilines is 2. The molecular weight excluding hydrogens is 1520 g/mol. The summed E-state index contributed by atoms with van der Waals surface area (Å²) in [4.78, 5) is 0. The van der Waals surface area contributed by atoms with Crippen molar-refractivity contribution in [3.8, 4) is 0 Å². The SMILES string of the molecule is Ic1c(I)c(I)c2c(I)cc(Nc3cc(I)c4c(I)c(I)c(I)c(I)c4c3)cc2c1I. The van der Waals surface area contributed by atoms with Crippen LogP contribution in [-0.4, -0.2) is 0 Å². The lowest BCUT2D eigenvalue weighted by Gasteiger charge is -2.16. The summed E-state index contributed by atoms with van der Waals surface area (Å²) in [5.74, 6) is 0. The van der Waals surface area contributed by atoms with Crippen molar-refractivity contribution in [2.45, 2.75) is 0 Å². The summed E-state index contributed by atoms with van der Waals surface area (Å²) in [7, 11) is 0. The van der Waals surface area contributed by atoms with E-state index >= 15 is 0 Å². The second kappa shape index (κ2) is 11.7. The summed E-state index contributed by atoms with van der Waals surface area (Å²) in [6, 6.07) is 9.10. The predicted molar refractivity (Wildman–Crippen MR) is 218 cm³/mol. The van der Waals surface area contributed by atoms with Gasteiger partial charge in [0.15, 0.2) is 0 Å². The third kappa shape index (κ3) is 5.62. The van der Waals surface area contributed by atoms with Gasteiger partial charge in [-0.25, -0.2) is 0 Å². The third-order valence-electron chi connectivity index (χ3n) is 4.54. The first kappa shape index (κ1) is 28.5. The van der Waals surface area contributed by atoms with Gasteiger partial charge in [-0.3, -0.25) is 0 Å². The van der Waals surface area contributed by atoms with Crippen LogP contribution in [0.15, 0.2) is 24.3 Å². The quantitative estimate of drug-likeness (QED) is 0.120. The molecule has 1 N–H and O–H groups in total. The zero-order valence-electron chi connectivity index (χ0n) is 14.6. The van der Waals surface area contributed by atoms with E-state index in [1.165, 1.54) is 57.2 Å². The first-order valence-electron chi connectivity index (χ1n) is 8.20. The Morgan fingerprint density at radius 3 is 1.06 bits per heavy atom. The first-order valence-corrected chi connectivity index (χ1v) is 19.0. The molecule has 31 heavy (non-hydrogen) atoms. The molecule has 4 rings (SSSR count). The van der Waals surface area contributed by atoms with Crippen molar-refractivity contribution in [1.82, 2.24) is 0 Å². The maximum atomic E-state index is 3.70. The molecule has 0 atom stereocenters. The van der Waals surface area contributed by atoms with Crippen LogP contribution in [0.25, 0.3) is 21.5 Å². The van der Waals surface area contributed by atoms with Crippen LogP contribution in [0.4, 0.5) is 11.4 Å². The molecule has 0 spiro atoms. The van der Waals surface area contributed by atoms with Crippen molar-refractivity contribution in [3.05, 3.63) is 60.0 Å². The summed E-state index contributed by atoms with van der Waals surface area (Å²) in [5, 5.41) is 9.03. The lowest BCUT2D eigenvalue weighted by Crippen LogP contribution is -2.00. The summed E-state index contributed by atoms with van der Waals surface area (Å²) >= 11 is 24.8. The number of hydrogen-bond donors (Lipinski definition) is 1. The molecule has 0 saturated heterocycles. The highest BCUT2D eigenvalue weighted by atomic mass is 127. The Labute approximate surface area is 316 Å². The first-order chi connectivity index (χ1) is 14.5. The van der Waals surface area contributed by atoms with Gasteiger partial charge in [-0.05, 0) is 250 Å². The van der Waals surface area contributed by atoms with Crippen LogP contribution in [0.1, 0.15) is 0 Å². The molecule has 0 amide bonds. The van der Waals surface area contributed by atoms with Crippen molar-refractivity contribution in [1.29, 1.82) is 0 Å². The van der Waals surface area contributed by atoms with Gasteiger partial charge in [-0.2, -0.15) is 0 Å². The standard InChI is InChI=1S/C20H5I10N/c21-9-3-5(1-7-11(9)15(25)19(29)17(27)13(7)23)31-6-2-8-12(10(22)4-6)16(26)20(30)18(28)14(8)24/h1-4,31H. The zero-order valence-corrected chi connectivity index (χ0v) is 36.2. The zero-order chi connectivity index (χ0) is 22.8. The van der Waals surface area contributed by atoms with Gasteiger partial charge in [0.2, 0.25) is 0 Å². The van der Waals surface area contributed by atoms with Gasteiger partial charge in [0.05, 0.1) is 0 Å². The van der Waals surface area contributed by atoms with E-state index in [1.54, 1.807) is 0 Å². The Morgan fingerprint density at radius 2 is 0.710 bits per heavy atom. The fourth-order valence-electron chi connectivity index (χ4n) is 3.16. The summed E-state index contributed by atoms with van der Waals surface area (Å²) in [6.07, 6.45) is 0. The van der Waals surface area contributed by atoms with Crippen molar-refractivity contribution < 1.29 is 0 Å². The smallest absolute Gasteiger partial charge is 0.0415 e. The Balaban J connectivity index is 1.90. The largest absolute Gasteiger partial charge is 0.355 e. The molecule has 0 aliphatic rings. The van der Waals surface area contributed by atoms with Crippen molar-refractivity contribution in [2.24, 2.45) is 0 Å². The molecule has 4 aromatic rings. The Bertz CT molecular complexity index is 1310. The number of benzene rings is 4. The highest BCUT2D eigenvalue weighted by Gasteiger charge is 2.18. The molecule has 160 valence electrons. The number of hydrogen-bond acceptors (Lipinski definition) is 1. The van der Waals surface area contributed by atoms with Crippen LogP contribution in [0.5, 0.6) is 0 Å². The van der Waals surface area contributed by atoms with Gasteiger partial charge in [0.1, 0.15) is 0 Å². The summed E-state index contributed by atoms with van der Waals surface area (Å²) < 4.78 is 13.2. The van der Waals surface area contributed by atoms with Crippen LogP contribution in [0.2, 0.25) is 0 Å². The van der Waals surface area contributed by atoms with E-state index in [0.29, 0.717) is 0 Å². The third-order valence-corrected chi connectivity index (χ3v) is 21.1. The van der Waals surface area contributed by atoms with Gasteiger partial charge in [-0.15, -0.1) is 0 Å². The normalized spacial score (nSPS) is 11.5. The highest BCUT2D eigenvalue weighted by Crippen LogP contribution is 2.41. The average Bonchev–Trinajstić information content (AvgIpc) is 2.72. The lowest BCUT2D eigenvalue weighted by atomic mass is 10.1. The maximum Gasteiger partial charge on any atom is 0.0415 e. The molecule has 0 heterocycles. The van der Waals surface area contributed by atoms with Crippen LogP contribution in [-0.2, 0) is 0 Å². The van der Waals surface area contributed by atoms with Crippen molar-refractivity contribution in [2.75, 3.05) is 5.32 Å². The summed E-state index contributed by atoms with van der Waals surface area (Å²) in [5.41, 5.74) is 2.25. The van der Waals surface area contributed by atoms with E-state index in [9.17, 15) is 0 Å². The fraction of sp³-hybridized carbons (Fsp3) is 0. The Morgan fingerprint density at radius 1 is 0.387 bits per heavy atom. The molecule has 0 fully saturated rings. The molecule has 0 saturated carbocycles. The van der Waals surface area contributed by atoms with Crippen molar-refractivity contribution >= 4 is 259 Å². The van der Waals surface area contributed by atoms with E-state index in [0.717, 1.165) is 11.4 Å². The minimum atomic E-state index is 1.13. The molecule has 1 nitrogen and oxygen atoms in total. The van der Waals surface area contributed by atoms with Gasteiger partial charge < -0.3 is 5.32 Å². The van der Waals surface area contributed by atoms with Crippen molar-refractivity contribution in [3.63, 3.8) is 0 Å². The molecule has 0 bridgehead atoms. The molecule has 0 radical (unpaired) electrons. The van der Waals surface area contributed by atoms with Crippen LogP contribution in [0, 0.1) is 35.7 Å². The molecule has 0 unspecified atom stereocenters. The van der Waals surface area contributed by atoms with Crippen LogP contribution < -0.4 is 5.32 Å². The minimum Gasteiger partial charge on any atom is -0.355 e. The molecular formula is C20H5I10N. The molecule has 0 aliphatic carbocycles. The lowest BCUT2D eigenvalue weighted by molar-refractivity contribution is 1.50. The van der Waals surface area contributed by atoms with E-state index in [-0.39, 0.29) is 0 Å². The highest BCUT2D eigenvalue weighted by molar-refractivity contribution is 14.1. The van der Waals surface area contributed by atoms with E-state index in [1.807, 2.05) is 0 Å². The van der Waals surface area contributed by atoms with Crippen LogP contribution in [0.3, 0.4) is 0 Å². The Kier molecular flexibility index (Phi) is 10.8. The second-order valence-corrected chi connectivity index (χ2v) is 17.4. The monoisotopic (exact) mass is 1530 g/mol. The average molecular weight is 1530 g/mol. The van der Waals surface area contributed by atoms with E-state index in [2.05, 4.69) is 255 Å². The number of nitrogens with one attached hydrogen (secondary N) is 1. The molecule has 0 aliphatic heterocycles.